The summed E-state index contributed by atoms with van der Waals surface area (Å²) in [4.78, 5) is 0.572. The van der Waals surface area contributed by atoms with E-state index in [0.717, 1.165) is 16.3 Å². The predicted molar refractivity (Wildman–Crippen MR) is 106 cm³/mol. The first kappa shape index (κ1) is 18.6. The van der Waals surface area contributed by atoms with E-state index in [1.165, 1.54) is 24.0 Å². The van der Waals surface area contributed by atoms with Crippen LogP contribution in [0.1, 0.15) is 11.1 Å². The van der Waals surface area contributed by atoms with Crippen LogP contribution in [0.25, 0.3) is 10.8 Å². The lowest BCUT2D eigenvalue weighted by Crippen LogP contribution is -2.19. The van der Waals surface area contributed by atoms with Gasteiger partial charge < -0.3 is 0 Å². The highest BCUT2D eigenvalue weighted by Crippen LogP contribution is 2.35. The van der Waals surface area contributed by atoms with Crippen LogP contribution in [0, 0.1) is 18.4 Å². The van der Waals surface area contributed by atoms with Crippen molar-refractivity contribution in [3.8, 4) is 6.19 Å². The molecule has 3 rings (SSSR count). The molecule has 132 valence electrons. The second-order valence-electron chi connectivity index (χ2n) is 5.69. The predicted octanol–water partition coefficient (Wildman–Crippen LogP) is 4.85. The Morgan fingerprint density at radius 3 is 2.65 bits per heavy atom. The van der Waals surface area contributed by atoms with E-state index in [-0.39, 0.29) is 4.90 Å². The molecule has 0 saturated heterocycles. The molecule has 0 radical (unpaired) electrons. The zero-order valence-corrected chi connectivity index (χ0v) is 16.3. The maximum atomic E-state index is 12.4. The summed E-state index contributed by atoms with van der Waals surface area (Å²) in [6.07, 6.45) is 1.49. The topological polar surface area (TPSA) is 70.0 Å². The third-order valence-corrected chi connectivity index (χ3v) is 6.87. The molecule has 0 unspecified atom stereocenters. The fraction of sp³-hybridized carbons (Fsp3) is 0.105. The number of thioether (sulfide) groups is 1. The Morgan fingerprint density at radius 1 is 1.15 bits per heavy atom. The van der Waals surface area contributed by atoms with Gasteiger partial charge in [0, 0.05) is 15.7 Å². The first-order valence-corrected chi connectivity index (χ1v) is 10.6. The number of rotatable bonds is 5. The summed E-state index contributed by atoms with van der Waals surface area (Å²) in [5, 5.41) is 11.5. The zero-order valence-electron chi connectivity index (χ0n) is 13.9. The van der Waals surface area contributed by atoms with Crippen LogP contribution in [0.15, 0.2) is 64.4 Å². The fourth-order valence-corrected chi connectivity index (χ4v) is 5.23. The average Bonchev–Trinajstić information content (AvgIpc) is 2.62. The molecular formula is C19H15ClN2O2S2. The molecule has 0 aromatic heterocycles. The van der Waals surface area contributed by atoms with Crippen LogP contribution in [0.2, 0.25) is 5.02 Å². The van der Waals surface area contributed by atoms with Crippen LogP contribution in [0.4, 0.5) is 0 Å². The second kappa shape index (κ2) is 7.58. The molecule has 0 atom stereocenters. The first-order chi connectivity index (χ1) is 12.4. The first-order valence-electron chi connectivity index (χ1n) is 7.73. The largest absolute Gasteiger partial charge is 0.271 e. The number of nitrogens with one attached hydrogen (secondary N) is 1. The van der Waals surface area contributed by atoms with Crippen molar-refractivity contribution in [3.05, 3.63) is 70.7 Å². The Balaban J connectivity index is 2.00. The minimum absolute atomic E-state index is 0.0613. The van der Waals surface area contributed by atoms with Gasteiger partial charge in [0.15, 0.2) is 6.19 Å². The van der Waals surface area contributed by atoms with Gasteiger partial charge in [0.2, 0.25) is 0 Å². The van der Waals surface area contributed by atoms with Gasteiger partial charge >= 0.3 is 0 Å². The van der Waals surface area contributed by atoms with Gasteiger partial charge in [-0.1, -0.05) is 54.1 Å². The molecule has 3 aromatic rings. The number of hydrogen-bond acceptors (Lipinski definition) is 4. The molecule has 4 nitrogen and oxygen atoms in total. The molecule has 26 heavy (non-hydrogen) atoms. The van der Waals surface area contributed by atoms with Gasteiger partial charge in [-0.2, -0.15) is 5.26 Å². The Morgan fingerprint density at radius 2 is 1.88 bits per heavy atom. The van der Waals surface area contributed by atoms with Crippen LogP contribution in [0.3, 0.4) is 0 Å². The number of halogens is 1. The average molecular weight is 403 g/mol. The Kier molecular flexibility index (Phi) is 5.42. The summed E-state index contributed by atoms with van der Waals surface area (Å²) in [6.45, 7) is 1.73. The van der Waals surface area contributed by atoms with E-state index in [1.807, 2.05) is 47.2 Å². The summed E-state index contributed by atoms with van der Waals surface area (Å²) >= 11 is 7.57. The SMILES string of the molecule is Cc1cc(S(=O)(=O)NC#N)c(SCc2cccc3ccccc23)cc1Cl. The molecule has 0 aliphatic carbocycles. The molecule has 0 aliphatic heterocycles. The highest BCUT2D eigenvalue weighted by atomic mass is 35.5. The van der Waals surface area contributed by atoms with Gasteiger partial charge in [0.1, 0.15) is 4.90 Å². The van der Waals surface area contributed by atoms with Gasteiger partial charge in [-0.25, -0.2) is 13.1 Å². The van der Waals surface area contributed by atoms with Crippen molar-refractivity contribution in [3.63, 3.8) is 0 Å². The number of nitriles is 1. The van der Waals surface area contributed by atoms with Crippen LogP contribution in [0.5, 0.6) is 0 Å². The lowest BCUT2D eigenvalue weighted by molar-refractivity contribution is 0.589. The van der Waals surface area contributed by atoms with Gasteiger partial charge in [0.25, 0.3) is 10.0 Å². The van der Waals surface area contributed by atoms with Crippen molar-refractivity contribution in [2.24, 2.45) is 0 Å². The van der Waals surface area contributed by atoms with Crippen molar-refractivity contribution in [1.29, 1.82) is 5.26 Å². The molecule has 3 aromatic carbocycles. The monoisotopic (exact) mass is 402 g/mol. The van der Waals surface area contributed by atoms with Crippen molar-refractivity contribution in [2.45, 2.75) is 22.5 Å². The van der Waals surface area contributed by atoms with E-state index in [2.05, 4.69) is 0 Å². The minimum Gasteiger partial charge on any atom is -0.215 e. The normalized spacial score (nSPS) is 11.3. The van der Waals surface area contributed by atoms with E-state index in [4.69, 9.17) is 16.9 Å². The fourth-order valence-electron chi connectivity index (χ4n) is 2.65. The van der Waals surface area contributed by atoms with E-state index in [1.54, 1.807) is 13.0 Å². The molecular weight excluding hydrogens is 388 g/mol. The number of fused-ring (bicyclic) bond motifs is 1. The van der Waals surface area contributed by atoms with E-state index in [9.17, 15) is 8.42 Å². The molecule has 7 heteroatoms. The van der Waals surface area contributed by atoms with Gasteiger partial charge in [0.05, 0.1) is 0 Å². The third kappa shape index (κ3) is 3.80. The molecule has 0 saturated carbocycles. The smallest absolute Gasteiger partial charge is 0.215 e. The molecule has 0 spiro atoms. The lowest BCUT2D eigenvalue weighted by atomic mass is 10.1. The Bertz CT molecular complexity index is 1120. The van der Waals surface area contributed by atoms with Crippen LogP contribution >= 0.6 is 23.4 Å². The van der Waals surface area contributed by atoms with E-state index in [0.29, 0.717) is 21.2 Å². The lowest BCUT2D eigenvalue weighted by Gasteiger charge is -2.12. The highest BCUT2D eigenvalue weighted by Gasteiger charge is 2.20. The van der Waals surface area contributed by atoms with Crippen LogP contribution in [-0.2, 0) is 15.8 Å². The maximum absolute atomic E-state index is 12.4. The second-order valence-corrected chi connectivity index (χ2v) is 8.77. The van der Waals surface area contributed by atoms with E-state index >= 15 is 0 Å². The maximum Gasteiger partial charge on any atom is 0.271 e. The van der Waals surface area contributed by atoms with Crippen molar-refractivity contribution < 1.29 is 8.42 Å². The zero-order chi connectivity index (χ0) is 18.7. The minimum atomic E-state index is -3.92. The van der Waals surface area contributed by atoms with Crippen molar-refractivity contribution in [2.75, 3.05) is 0 Å². The summed E-state index contributed by atoms with van der Waals surface area (Å²) < 4.78 is 26.6. The number of nitrogens with zero attached hydrogens (tertiary/aromatic N) is 1. The molecule has 0 bridgehead atoms. The standard InChI is InChI=1S/C19H15ClN2O2S2/c1-13-9-19(26(23,24)22-12-21)18(10-17(13)20)25-11-15-7-4-6-14-5-2-3-8-16(14)15/h2-10,22H,11H2,1H3. The summed E-state index contributed by atoms with van der Waals surface area (Å²) in [5.41, 5.74) is 1.74. The third-order valence-electron chi connectivity index (χ3n) is 3.96. The quantitative estimate of drug-likeness (QED) is 0.376. The number of benzene rings is 3. The van der Waals surface area contributed by atoms with Crippen molar-refractivity contribution >= 4 is 44.2 Å². The summed E-state index contributed by atoms with van der Waals surface area (Å²) in [6, 6.07) is 17.2. The molecule has 0 heterocycles. The molecule has 0 aliphatic rings. The summed E-state index contributed by atoms with van der Waals surface area (Å²) in [5.74, 6) is 0.579. The summed E-state index contributed by atoms with van der Waals surface area (Å²) in [7, 11) is -3.92. The molecule has 0 fully saturated rings. The van der Waals surface area contributed by atoms with E-state index < -0.39 is 10.0 Å². The van der Waals surface area contributed by atoms with Gasteiger partial charge in [-0.05, 0) is 41.0 Å². The number of sulfonamides is 1. The highest BCUT2D eigenvalue weighted by molar-refractivity contribution is 7.99. The van der Waals surface area contributed by atoms with Gasteiger partial charge in [-0.3, -0.25) is 0 Å². The van der Waals surface area contributed by atoms with Crippen molar-refractivity contribution in [1.82, 2.24) is 4.72 Å². The van der Waals surface area contributed by atoms with Gasteiger partial charge in [-0.15, -0.1) is 11.8 Å². The number of hydrogen-bond donors (Lipinski definition) is 1. The van der Waals surface area contributed by atoms with Crippen LogP contribution in [-0.4, -0.2) is 8.42 Å². The Hall–Kier alpha value is -2.20. The molecule has 0 amide bonds. The number of aryl methyl sites for hydroxylation is 1. The molecule has 1 N–H and O–H groups in total. The Labute approximate surface area is 161 Å². The van der Waals surface area contributed by atoms with Crippen LogP contribution < -0.4 is 4.72 Å².